The lowest BCUT2D eigenvalue weighted by atomic mass is 9.98. The molecule has 5 nitrogen and oxygen atoms in total. The number of aromatic nitrogens is 2. The van der Waals surface area contributed by atoms with Crippen LogP contribution in [0, 0.1) is 0 Å². The average Bonchev–Trinajstić information content (AvgIpc) is 3.15. The predicted octanol–water partition coefficient (Wildman–Crippen LogP) is 4.89. The quantitative estimate of drug-likeness (QED) is 0.357. The van der Waals surface area contributed by atoms with E-state index in [9.17, 15) is 9.59 Å². The summed E-state index contributed by atoms with van der Waals surface area (Å²) in [4.78, 5) is 33.5. The molecular weight excluding hydrogens is 364 g/mol. The number of aromatic amines is 1. The Bertz CT molecular complexity index is 1430. The molecule has 0 spiro atoms. The van der Waals surface area contributed by atoms with E-state index in [4.69, 9.17) is 4.74 Å². The minimum Gasteiger partial charge on any atom is -0.464 e. The summed E-state index contributed by atoms with van der Waals surface area (Å²) in [6, 6.07) is 22.7. The molecule has 0 saturated carbocycles. The molecule has 3 aromatic carbocycles. The van der Waals surface area contributed by atoms with Crippen LogP contribution in [-0.4, -0.2) is 28.8 Å². The zero-order chi connectivity index (χ0) is 20.0. The lowest BCUT2D eigenvalue weighted by Gasteiger charge is -2.08. The van der Waals surface area contributed by atoms with Crippen molar-refractivity contribution < 1.29 is 14.3 Å². The van der Waals surface area contributed by atoms with Crippen molar-refractivity contribution in [1.82, 2.24) is 9.97 Å². The van der Waals surface area contributed by atoms with Gasteiger partial charge in [0.15, 0.2) is 0 Å². The number of nitrogens with one attached hydrogen (secondary N) is 1. The van der Waals surface area contributed by atoms with E-state index in [2.05, 4.69) is 9.97 Å². The van der Waals surface area contributed by atoms with Crippen LogP contribution in [0.15, 0.2) is 72.8 Å². The van der Waals surface area contributed by atoms with Crippen molar-refractivity contribution in [3.8, 4) is 0 Å². The third kappa shape index (κ3) is 2.67. The van der Waals surface area contributed by atoms with Gasteiger partial charge in [-0.05, 0) is 22.9 Å². The van der Waals surface area contributed by atoms with Gasteiger partial charge in [-0.15, -0.1) is 0 Å². The predicted molar refractivity (Wildman–Crippen MR) is 112 cm³/mol. The van der Waals surface area contributed by atoms with E-state index in [1.165, 1.54) is 7.11 Å². The fraction of sp³-hybridized carbons (Fsp3) is 0.0417. The van der Waals surface area contributed by atoms with Crippen molar-refractivity contribution in [3.05, 3.63) is 89.7 Å². The Morgan fingerprint density at radius 2 is 1.59 bits per heavy atom. The van der Waals surface area contributed by atoms with Crippen molar-refractivity contribution >= 4 is 44.3 Å². The molecule has 5 rings (SSSR count). The fourth-order valence-corrected chi connectivity index (χ4v) is 3.77. The second-order valence-corrected chi connectivity index (χ2v) is 6.80. The van der Waals surface area contributed by atoms with Crippen LogP contribution in [0.3, 0.4) is 0 Å². The maximum Gasteiger partial charge on any atom is 0.356 e. The molecule has 0 saturated heterocycles. The molecule has 29 heavy (non-hydrogen) atoms. The van der Waals surface area contributed by atoms with E-state index in [0.29, 0.717) is 11.1 Å². The molecule has 5 aromatic rings. The molecule has 2 aromatic heterocycles. The van der Waals surface area contributed by atoms with Gasteiger partial charge in [-0.2, -0.15) is 0 Å². The van der Waals surface area contributed by atoms with Crippen molar-refractivity contribution in [2.24, 2.45) is 0 Å². The lowest BCUT2D eigenvalue weighted by molar-refractivity contribution is 0.0594. The number of para-hydroxylation sites is 1. The molecule has 0 aliphatic heterocycles. The molecule has 0 atom stereocenters. The van der Waals surface area contributed by atoms with Crippen LogP contribution >= 0.6 is 0 Å². The summed E-state index contributed by atoms with van der Waals surface area (Å²) in [5, 5.41) is 3.49. The number of esters is 1. The molecule has 1 N–H and O–H groups in total. The van der Waals surface area contributed by atoms with Gasteiger partial charge < -0.3 is 9.72 Å². The van der Waals surface area contributed by atoms with Gasteiger partial charge in [-0.25, -0.2) is 9.78 Å². The Balaban J connectivity index is 1.83. The Hall–Kier alpha value is -3.99. The molecule has 0 radical (unpaired) electrons. The number of methoxy groups -OCH3 is 1. The normalized spacial score (nSPS) is 11.2. The standard InChI is InChI=1S/C24H16N2O3/c1-29-24(28)20-13-18-16-10-4-5-12-19(16)25-21(18)22(26-20)23(27)17-11-6-8-14-7-2-3-9-15(14)17/h2-13,25H,1H3. The second-order valence-electron chi connectivity index (χ2n) is 6.80. The third-order valence-electron chi connectivity index (χ3n) is 5.14. The Kier molecular flexibility index (Phi) is 3.88. The Morgan fingerprint density at radius 3 is 2.41 bits per heavy atom. The number of nitrogens with zero attached hydrogens (tertiary/aromatic N) is 1. The van der Waals surface area contributed by atoms with Crippen LogP contribution in [0.2, 0.25) is 0 Å². The summed E-state index contributed by atoms with van der Waals surface area (Å²) in [5.41, 5.74) is 2.33. The highest BCUT2D eigenvalue weighted by Crippen LogP contribution is 2.30. The van der Waals surface area contributed by atoms with Crippen LogP contribution in [0.1, 0.15) is 26.5 Å². The highest BCUT2D eigenvalue weighted by Gasteiger charge is 2.22. The van der Waals surface area contributed by atoms with Gasteiger partial charge >= 0.3 is 5.97 Å². The zero-order valence-corrected chi connectivity index (χ0v) is 15.6. The minimum absolute atomic E-state index is 0.105. The molecule has 0 amide bonds. The van der Waals surface area contributed by atoms with Gasteiger partial charge in [0.2, 0.25) is 5.78 Å². The van der Waals surface area contributed by atoms with E-state index < -0.39 is 5.97 Å². The second kappa shape index (κ2) is 6.56. The van der Waals surface area contributed by atoms with Crippen molar-refractivity contribution in [1.29, 1.82) is 0 Å². The van der Waals surface area contributed by atoms with E-state index in [-0.39, 0.29) is 17.2 Å². The van der Waals surface area contributed by atoms with Crippen LogP contribution in [0.4, 0.5) is 0 Å². The molecule has 0 bridgehead atoms. The summed E-state index contributed by atoms with van der Waals surface area (Å²) in [6.45, 7) is 0. The van der Waals surface area contributed by atoms with Gasteiger partial charge in [-0.1, -0.05) is 60.7 Å². The van der Waals surface area contributed by atoms with Gasteiger partial charge in [0, 0.05) is 21.9 Å². The number of H-pyrrole nitrogens is 1. The number of benzene rings is 3. The number of carbonyl (C=O) groups excluding carboxylic acids is 2. The number of fused-ring (bicyclic) bond motifs is 4. The SMILES string of the molecule is COC(=O)c1cc2c([nH]c3ccccc32)c(C(=O)c2cccc3ccccc23)n1. The van der Waals surface area contributed by atoms with Gasteiger partial charge in [0.1, 0.15) is 11.4 Å². The Labute approximate surface area is 165 Å². The van der Waals surface area contributed by atoms with Crippen LogP contribution in [-0.2, 0) is 4.74 Å². The summed E-state index contributed by atoms with van der Waals surface area (Å²) in [5.74, 6) is -0.826. The molecule has 0 unspecified atom stereocenters. The first-order chi connectivity index (χ1) is 14.2. The fourth-order valence-electron chi connectivity index (χ4n) is 3.77. The van der Waals surface area contributed by atoms with Gasteiger partial charge in [-0.3, -0.25) is 4.79 Å². The summed E-state index contributed by atoms with van der Waals surface area (Å²) in [6.07, 6.45) is 0. The summed E-state index contributed by atoms with van der Waals surface area (Å²) < 4.78 is 4.86. The molecule has 0 aliphatic rings. The number of carbonyl (C=O) groups is 2. The first-order valence-electron chi connectivity index (χ1n) is 9.19. The number of pyridine rings is 1. The van der Waals surface area contributed by atoms with Crippen molar-refractivity contribution in [2.45, 2.75) is 0 Å². The molecule has 0 fully saturated rings. The first kappa shape index (κ1) is 17.1. The monoisotopic (exact) mass is 380 g/mol. The zero-order valence-electron chi connectivity index (χ0n) is 15.6. The smallest absolute Gasteiger partial charge is 0.356 e. The van der Waals surface area contributed by atoms with E-state index in [1.807, 2.05) is 60.7 Å². The van der Waals surface area contributed by atoms with E-state index >= 15 is 0 Å². The van der Waals surface area contributed by atoms with Crippen LogP contribution < -0.4 is 0 Å². The molecule has 0 aliphatic carbocycles. The number of rotatable bonds is 3. The summed E-state index contributed by atoms with van der Waals surface area (Å²) >= 11 is 0. The maximum atomic E-state index is 13.6. The molecule has 140 valence electrons. The van der Waals surface area contributed by atoms with E-state index in [1.54, 1.807) is 12.1 Å². The van der Waals surface area contributed by atoms with Crippen LogP contribution in [0.5, 0.6) is 0 Å². The Morgan fingerprint density at radius 1 is 0.862 bits per heavy atom. The van der Waals surface area contributed by atoms with Crippen LogP contribution in [0.25, 0.3) is 32.6 Å². The largest absolute Gasteiger partial charge is 0.464 e. The average molecular weight is 380 g/mol. The number of ether oxygens (including phenoxy) is 1. The van der Waals surface area contributed by atoms with Crippen molar-refractivity contribution in [3.63, 3.8) is 0 Å². The third-order valence-corrected chi connectivity index (χ3v) is 5.14. The highest BCUT2D eigenvalue weighted by molar-refractivity contribution is 6.23. The van der Waals surface area contributed by atoms with E-state index in [0.717, 1.165) is 27.1 Å². The molecule has 5 heteroatoms. The van der Waals surface area contributed by atoms with Gasteiger partial charge in [0.25, 0.3) is 0 Å². The first-order valence-corrected chi connectivity index (χ1v) is 9.19. The number of hydrogen-bond acceptors (Lipinski definition) is 4. The van der Waals surface area contributed by atoms with Crippen molar-refractivity contribution in [2.75, 3.05) is 7.11 Å². The topological polar surface area (TPSA) is 72.1 Å². The highest BCUT2D eigenvalue weighted by atomic mass is 16.5. The lowest BCUT2D eigenvalue weighted by Crippen LogP contribution is -2.11. The molecular formula is C24H16N2O3. The minimum atomic E-state index is -0.579. The summed E-state index contributed by atoms with van der Waals surface area (Å²) in [7, 11) is 1.30. The maximum absolute atomic E-state index is 13.6. The van der Waals surface area contributed by atoms with Gasteiger partial charge in [0.05, 0.1) is 12.6 Å². The molecule has 2 heterocycles. The number of hydrogen-bond donors (Lipinski definition) is 1. The number of ketones is 1.